The van der Waals surface area contributed by atoms with E-state index in [0.29, 0.717) is 23.6 Å². The monoisotopic (exact) mass is 440 g/mol. The van der Waals surface area contributed by atoms with Crippen molar-refractivity contribution in [2.45, 2.75) is 31.8 Å². The number of aromatic nitrogens is 6. The van der Waals surface area contributed by atoms with Crippen molar-refractivity contribution in [2.75, 3.05) is 5.32 Å². The molecule has 0 saturated carbocycles. The highest BCUT2D eigenvalue weighted by atomic mass is 16.1. The fraction of sp³-hybridized carbons (Fsp3) is 0.250. The molecule has 0 saturated heterocycles. The molecule has 5 rings (SSSR count). The second-order valence-electron chi connectivity index (χ2n) is 7.99. The van der Waals surface area contributed by atoms with E-state index in [1.165, 1.54) is 6.33 Å². The second-order valence-corrected chi connectivity index (χ2v) is 7.99. The van der Waals surface area contributed by atoms with Gasteiger partial charge in [-0.15, -0.1) is 10.2 Å². The predicted octanol–water partition coefficient (Wildman–Crippen LogP) is 3.09. The Kier molecular flexibility index (Phi) is 5.75. The largest absolute Gasteiger partial charge is 0.378 e. The molecule has 1 atom stereocenters. The van der Waals surface area contributed by atoms with Crippen LogP contribution in [0.1, 0.15) is 46.3 Å². The Morgan fingerprint density at radius 1 is 1.12 bits per heavy atom. The third kappa shape index (κ3) is 4.43. The van der Waals surface area contributed by atoms with Crippen molar-refractivity contribution < 1.29 is 4.79 Å². The molecule has 0 radical (unpaired) electrons. The normalized spacial score (nSPS) is 15.0. The molecular formula is C24H24N8O. The van der Waals surface area contributed by atoms with Gasteiger partial charge in [0.15, 0.2) is 11.6 Å². The van der Waals surface area contributed by atoms with Crippen molar-refractivity contribution in [1.29, 1.82) is 0 Å². The summed E-state index contributed by atoms with van der Waals surface area (Å²) in [7, 11) is 1.90. The molecule has 33 heavy (non-hydrogen) atoms. The average Bonchev–Trinajstić information content (AvgIpc) is 3.24. The lowest BCUT2D eigenvalue weighted by molar-refractivity contribution is 0.0932. The molecule has 1 unspecified atom stereocenters. The van der Waals surface area contributed by atoms with Crippen LogP contribution in [-0.2, 0) is 20.0 Å². The molecule has 0 aliphatic heterocycles. The Hall–Kier alpha value is -4.14. The number of aryl methyl sites for hydroxylation is 1. The summed E-state index contributed by atoms with van der Waals surface area (Å²) in [5, 5.41) is 15.0. The van der Waals surface area contributed by atoms with E-state index in [4.69, 9.17) is 0 Å². The van der Waals surface area contributed by atoms with Crippen LogP contribution in [0.3, 0.4) is 0 Å². The number of pyridine rings is 1. The van der Waals surface area contributed by atoms with E-state index in [1.807, 2.05) is 48.1 Å². The molecule has 0 spiro atoms. The van der Waals surface area contributed by atoms with Gasteiger partial charge in [0.2, 0.25) is 0 Å². The quantitative estimate of drug-likeness (QED) is 0.474. The number of nitrogens with zero attached hydrogens (tertiary/aromatic N) is 6. The molecular weight excluding hydrogens is 416 g/mol. The molecule has 1 amide bonds. The highest BCUT2D eigenvalue weighted by Gasteiger charge is 2.23. The SMILES string of the molecule is Cn1c(CNc2cccc(C(=O)NC3CCCc4ncccc43)c2)nnc1-c1ccncn1. The summed E-state index contributed by atoms with van der Waals surface area (Å²) in [5.74, 6) is 1.33. The van der Waals surface area contributed by atoms with Crippen molar-refractivity contribution in [3.63, 3.8) is 0 Å². The zero-order valence-electron chi connectivity index (χ0n) is 18.3. The van der Waals surface area contributed by atoms with E-state index in [1.54, 1.807) is 12.3 Å². The summed E-state index contributed by atoms with van der Waals surface area (Å²) in [5.41, 5.74) is 4.35. The second kappa shape index (κ2) is 9.15. The topological polar surface area (TPSA) is 111 Å². The Balaban J connectivity index is 1.26. The van der Waals surface area contributed by atoms with E-state index < -0.39 is 0 Å². The van der Waals surface area contributed by atoms with Crippen LogP contribution in [-0.4, -0.2) is 35.6 Å². The molecule has 1 aliphatic rings. The number of amides is 1. The Morgan fingerprint density at radius 2 is 2.06 bits per heavy atom. The number of rotatable bonds is 6. The zero-order chi connectivity index (χ0) is 22.6. The summed E-state index contributed by atoms with van der Waals surface area (Å²) >= 11 is 0. The fourth-order valence-electron chi connectivity index (χ4n) is 4.11. The average molecular weight is 441 g/mol. The van der Waals surface area contributed by atoms with Gasteiger partial charge in [-0.1, -0.05) is 12.1 Å². The van der Waals surface area contributed by atoms with Crippen molar-refractivity contribution in [2.24, 2.45) is 7.05 Å². The Morgan fingerprint density at radius 3 is 2.94 bits per heavy atom. The number of hydrogen-bond acceptors (Lipinski definition) is 7. The molecule has 0 fully saturated rings. The third-order valence-corrected chi connectivity index (χ3v) is 5.86. The van der Waals surface area contributed by atoms with Gasteiger partial charge in [0.05, 0.1) is 12.6 Å². The van der Waals surface area contributed by atoms with Gasteiger partial charge in [-0.25, -0.2) is 9.97 Å². The minimum Gasteiger partial charge on any atom is -0.378 e. The number of anilines is 1. The first-order valence-electron chi connectivity index (χ1n) is 10.9. The lowest BCUT2D eigenvalue weighted by Gasteiger charge is -2.25. The van der Waals surface area contributed by atoms with Gasteiger partial charge in [0.25, 0.3) is 5.91 Å². The smallest absolute Gasteiger partial charge is 0.251 e. The number of hydrogen-bond donors (Lipinski definition) is 2. The first-order chi connectivity index (χ1) is 16.2. The molecule has 9 heteroatoms. The van der Waals surface area contributed by atoms with Gasteiger partial charge >= 0.3 is 0 Å². The van der Waals surface area contributed by atoms with Crippen molar-refractivity contribution in [3.05, 3.63) is 83.8 Å². The number of nitrogens with one attached hydrogen (secondary N) is 2. The highest BCUT2D eigenvalue weighted by Crippen LogP contribution is 2.28. The molecule has 2 N–H and O–H groups in total. The van der Waals surface area contributed by atoms with Crippen LogP contribution in [0.5, 0.6) is 0 Å². The lowest BCUT2D eigenvalue weighted by atomic mass is 9.91. The minimum atomic E-state index is -0.0925. The molecule has 4 aromatic rings. The predicted molar refractivity (Wildman–Crippen MR) is 123 cm³/mol. The van der Waals surface area contributed by atoms with Gasteiger partial charge in [-0.05, 0) is 55.2 Å². The number of carbonyl (C=O) groups excluding carboxylic acids is 1. The van der Waals surface area contributed by atoms with Gasteiger partial charge < -0.3 is 15.2 Å². The van der Waals surface area contributed by atoms with Crippen molar-refractivity contribution in [1.82, 2.24) is 35.0 Å². The summed E-state index contributed by atoms with van der Waals surface area (Å²) in [4.78, 5) is 25.6. The molecule has 9 nitrogen and oxygen atoms in total. The van der Waals surface area contributed by atoms with Crippen LogP contribution < -0.4 is 10.6 Å². The van der Waals surface area contributed by atoms with Gasteiger partial charge in [0, 0.05) is 36.4 Å². The van der Waals surface area contributed by atoms with Crippen LogP contribution in [0.15, 0.2) is 61.2 Å². The van der Waals surface area contributed by atoms with Crippen LogP contribution in [0.25, 0.3) is 11.5 Å². The van der Waals surface area contributed by atoms with Gasteiger partial charge in [-0.2, -0.15) is 0 Å². The van der Waals surface area contributed by atoms with Gasteiger partial charge in [-0.3, -0.25) is 9.78 Å². The molecule has 3 aromatic heterocycles. The van der Waals surface area contributed by atoms with Crippen LogP contribution in [0.2, 0.25) is 0 Å². The number of fused-ring (bicyclic) bond motifs is 1. The fourth-order valence-corrected chi connectivity index (χ4v) is 4.11. The number of carbonyl (C=O) groups is 1. The third-order valence-electron chi connectivity index (χ3n) is 5.86. The summed E-state index contributed by atoms with van der Waals surface area (Å²) < 4.78 is 1.89. The molecule has 0 bridgehead atoms. The Bertz CT molecular complexity index is 1270. The summed E-state index contributed by atoms with van der Waals surface area (Å²) in [6.07, 6.45) is 7.87. The van der Waals surface area contributed by atoms with E-state index >= 15 is 0 Å². The first-order valence-corrected chi connectivity index (χ1v) is 10.9. The summed E-state index contributed by atoms with van der Waals surface area (Å²) in [6, 6.07) is 13.2. The van der Waals surface area contributed by atoms with Crippen LogP contribution in [0, 0.1) is 0 Å². The molecule has 1 aromatic carbocycles. The summed E-state index contributed by atoms with van der Waals surface area (Å²) in [6.45, 7) is 0.460. The van der Waals surface area contributed by atoms with Gasteiger partial charge in [0.1, 0.15) is 12.0 Å². The van der Waals surface area contributed by atoms with E-state index in [9.17, 15) is 4.79 Å². The molecule has 1 aliphatic carbocycles. The maximum absolute atomic E-state index is 13.0. The standard InChI is InChI=1S/C24H24N8O/c1-32-22(30-31-23(32)21-10-12-25-15-28-21)14-27-17-6-2-5-16(13-17)24(33)29-20-9-3-8-19-18(20)7-4-11-26-19/h2,4-7,10-13,15,20,27H,3,8-9,14H2,1H3,(H,29,33). The van der Waals surface area contributed by atoms with E-state index in [-0.39, 0.29) is 11.9 Å². The highest BCUT2D eigenvalue weighted by molar-refractivity contribution is 5.95. The minimum absolute atomic E-state index is 0.00887. The maximum Gasteiger partial charge on any atom is 0.251 e. The first kappa shape index (κ1) is 20.7. The van der Waals surface area contributed by atoms with Crippen molar-refractivity contribution >= 4 is 11.6 Å². The lowest BCUT2D eigenvalue weighted by Crippen LogP contribution is -2.31. The number of benzene rings is 1. The molecule has 166 valence electrons. The Labute approximate surface area is 191 Å². The van der Waals surface area contributed by atoms with Crippen LogP contribution >= 0.6 is 0 Å². The maximum atomic E-state index is 13.0. The van der Waals surface area contributed by atoms with Crippen LogP contribution in [0.4, 0.5) is 5.69 Å². The zero-order valence-corrected chi connectivity index (χ0v) is 18.3. The van der Waals surface area contributed by atoms with Crippen molar-refractivity contribution in [3.8, 4) is 11.5 Å². The van der Waals surface area contributed by atoms with E-state index in [0.717, 1.165) is 42.0 Å². The van der Waals surface area contributed by atoms with E-state index in [2.05, 4.69) is 41.8 Å². The molecule has 3 heterocycles.